The molecule has 2 rings (SSSR count). The molecule has 14 heavy (non-hydrogen) atoms. The molecule has 2 aromatic rings. The van der Waals surface area contributed by atoms with Gasteiger partial charge in [-0.3, -0.25) is 0 Å². The predicted octanol–water partition coefficient (Wildman–Crippen LogP) is 3.02. The van der Waals surface area contributed by atoms with Crippen LogP contribution in [0.5, 0.6) is 0 Å². The zero-order chi connectivity index (χ0) is 9.97. The van der Waals surface area contributed by atoms with E-state index in [1.54, 1.807) is 6.33 Å². The molecule has 0 saturated heterocycles. The summed E-state index contributed by atoms with van der Waals surface area (Å²) >= 11 is 9.33. The van der Waals surface area contributed by atoms with Crippen molar-refractivity contribution in [2.24, 2.45) is 0 Å². The van der Waals surface area contributed by atoms with Crippen molar-refractivity contribution in [3.63, 3.8) is 0 Å². The smallest absolute Gasteiger partial charge is 0.161 e. The van der Waals surface area contributed by atoms with Crippen LogP contribution in [0.2, 0.25) is 5.02 Å². The molecule has 0 amide bonds. The van der Waals surface area contributed by atoms with Crippen LogP contribution in [0.15, 0.2) is 24.5 Å². The van der Waals surface area contributed by atoms with Gasteiger partial charge in [0, 0.05) is 15.9 Å². The van der Waals surface area contributed by atoms with Crippen molar-refractivity contribution in [2.45, 2.75) is 5.33 Å². The Hall–Kier alpha value is -0.870. The van der Waals surface area contributed by atoms with Crippen LogP contribution in [0.25, 0.3) is 11.4 Å². The van der Waals surface area contributed by atoms with E-state index in [0.717, 1.165) is 22.3 Å². The fourth-order valence-corrected chi connectivity index (χ4v) is 1.88. The van der Waals surface area contributed by atoms with Crippen molar-refractivity contribution in [1.82, 2.24) is 15.2 Å². The molecule has 0 unspecified atom stereocenters. The molecule has 1 aromatic heterocycles. The average molecular weight is 273 g/mol. The SMILES string of the molecule is Clc1ccc(CBr)c(-c2nnc[nH]2)c1. The summed E-state index contributed by atoms with van der Waals surface area (Å²) in [5, 5.41) is 9.15. The maximum absolute atomic E-state index is 5.91. The van der Waals surface area contributed by atoms with Crippen molar-refractivity contribution in [2.75, 3.05) is 0 Å². The van der Waals surface area contributed by atoms with Gasteiger partial charge in [-0.1, -0.05) is 33.6 Å². The van der Waals surface area contributed by atoms with Crippen LogP contribution >= 0.6 is 27.5 Å². The van der Waals surface area contributed by atoms with Crippen molar-refractivity contribution >= 4 is 27.5 Å². The van der Waals surface area contributed by atoms with Crippen molar-refractivity contribution in [3.8, 4) is 11.4 Å². The Balaban J connectivity index is 2.55. The van der Waals surface area contributed by atoms with Crippen molar-refractivity contribution in [3.05, 3.63) is 35.1 Å². The Bertz CT molecular complexity index is 428. The molecule has 1 aromatic carbocycles. The number of hydrogen-bond acceptors (Lipinski definition) is 2. The Morgan fingerprint density at radius 1 is 1.43 bits per heavy atom. The van der Waals surface area contributed by atoms with Gasteiger partial charge in [0.15, 0.2) is 5.82 Å². The highest BCUT2D eigenvalue weighted by atomic mass is 79.9. The number of hydrogen-bond donors (Lipinski definition) is 1. The molecular formula is C9H7BrClN3. The summed E-state index contributed by atoms with van der Waals surface area (Å²) in [6.07, 6.45) is 1.55. The maximum atomic E-state index is 5.91. The van der Waals surface area contributed by atoms with Crippen LogP contribution < -0.4 is 0 Å². The first kappa shape index (κ1) is 9.68. The molecule has 1 heterocycles. The minimum atomic E-state index is 0.695. The van der Waals surface area contributed by atoms with Gasteiger partial charge in [-0.15, -0.1) is 10.2 Å². The van der Waals surface area contributed by atoms with Crippen molar-refractivity contribution in [1.29, 1.82) is 0 Å². The molecular weight excluding hydrogens is 265 g/mol. The van der Waals surface area contributed by atoms with E-state index < -0.39 is 0 Å². The molecule has 3 nitrogen and oxygen atoms in total. The van der Waals surface area contributed by atoms with E-state index in [-0.39, 0.29) is 0 Å². The average Bonchev–Trinajstić information content (AvgIpc) is 2.70. The summed E-state index contributed by atoms with van der Waals surface area (Å²) in [5.41, 5.74) is 2.11. The quantitative estimate of drug-likeness (QED) is 0.854. The first-order valence-corrected chi connectivity index (χ1v) is 5.52. The first-order chi connectivity index (χ1) is 6.81. The van der Waals surface area contributed by atoms with Crippen LogP contribution in [-0.4, -0.2) is 15.2 Å². The molecule has 0 radical (unpaired) electrons. The van der Waals surface area contributed by atoms with E-state index in [1.807, 2.05) is 18.2 Å². The number of rotatable bonds is 2. The number of aromatic nitrogens is 3. The Morgan fingerprint density at radius 3 is 2.93 bits per heavy atom. The van der Waals surface area contributed by atoms with E-state index >= 15 is 0 Å². The monoisotopic (exact) mass is 271 g/mol. The molecule has 0 aliphatic carbocycles. The van der Waals surface area contributed by atoms with Crippen LogP contribution in [0.1, 0.15) is 5.56 Å². The van der Waals surface area contributed by atoms with E-state index in [9.17, 15) is 0 Å². The standard InChI is InChI=1S/C9H7BrClN3/c10-4-6-1-2-7(11)3-8(6)9-12-5-13-14-9/h1-3,5H,4H2,(H,12,13,14). The van der Waals surface area contributed by atoms with Gasteiger partial charge >= 0.3 is 0 Å². The summed E-state index contributed by atoms with van der Waals surface area (Å²) in [5.74, 6) is 0.738. The van der Waals surface area contributed by atoms with Gasteiger partial charge in [-0.25, -0.2) is 0 Å². The lowest BCUT2D eigenvalue weighted by Gasteiger charge is -2.03. The molecule has 0 fully saturated rings. The molecule has 0 saturated carbocycles. The van der Waals surface area contributed by atoms with Gasteiger partial charge in [0.25, 0.3) is 0 Å². The molecule has 0 spiro atoms. The highest BCUT2D eigenvalue weighted by Crippen LogP contribution is 2.25. The number of benzene rings is 1. The first-order valence-electron chi connectivity index (χ1n) is 4.02. The third-order valence-corrected chi connectivity index (χ3v) is 2.73. The molecule has 72 valence electrons. The highest BCUT2D eigenvalue weighted by molar-refractivity contribution is 9.08. The molecule has 0 atom stereocenters. The molecule has 0 aliphatic heterocycles. The third-order valence-electron chi connectivity index (χ3n) is 1.89. The van der Waals surface area contributed by atoms with Gasteiger partial charge in [-0.05, 0) is 17.7 Å². The molecule has 1 N–H and O–H groups in total. The van der Waals surface area contributed by atoms with E-state index in [1.165, 1.54) is 0 Å². The maximum Gasteiger partial charge on any atom is 0.161 e. The Kier molecular flexibility index (Phi) is 2.84. The van der Waals surface area contributed by atoms with Gasteiger partial charge in [0.2, 0.25) is 0 Å². The fourth-order valence-electron chi connectivity index (χ4n) is 1.22. The number of nitrogens with one attached hydrogen (secondary N) is 1. The van der Waals surface area contributed by atoms with E-state index in [0.29, 0.717) is 5.02 Å². The minimum absolute atomic E-state index is 0.695. The zero-order valence-electron chi connectivity index (χ0n) is 7.17. The van der Waals surface area contributed by atoms with E-state index in [4.69, 9.17) is 11.6 Å². The lowest BCUT2D eigenvalue weighted by atomic mass is 10.1. The van der Waals surface area contributed by atoms with Crippen LogP contribution in [0, 0.1) is 0 Å². The largest absolute Gasteiger partial charge is 0.328 e. The zero-order valence-corrected chi connectivity index (χ0v) is 9.51. The number of halogens is 2. The summed E-state index contributed by atoms with van der Waals surface area (Å²) in [7, 11) is 0. The number of nitrogens with zero attached hydrogens (tertiary/aromatic N) is 2. The predicted molar refractivity (Wildman–Crippen MR) is 59.5 cm³/mol. The summed E-state index contributed by atoms with van der Waals surface area (Å²) in [4.78, 5) is 2.95. The Morgan fingerprint density at radius 2 is 2.29 bits per heavy atom. The normalized spacial score (nSPS) is 10.4. The fraction of sp³-hybridized carbons (Fsp3) is 0.111. The minimum Gasteiger partial charge on any atom is -0.328 e. The third kappa shape index (κ3) is 1.81. The highest BCUT2D eigenvalue weighted by Gasteiger charge is 2.07. The number of H-pyrrole nitrogens is 1. The van der Waals surface area contributed by atoms with Gasteiger partial charge < -0.3 is 4.98 Å². The molecule has 5 heteroatoms. The lowest BCUT2D eigenvalue weighted by molar-refractivity contribution is 1.09. The van der Waals surface area contributed by atoms with Gasteiger partial charge in [0.1, 0.15) is 6.33 Å². The topological polar surface area (TPSA) is 41.6 Å². The second kappa shape index (κ2) is 4.11. The molecule has 0 aliphatic rings. The summed E-state index contributed by atoms with van der Waals surface area (Å²) in [6.45, 7) is 0. The summed E-state index contributed by atoms with van der Waals surface area (Å²) in [6, 6.07) is 5.70. The lowest BCUT2D eigenvalue weighted by Crippen LogP contribution is -1.88. The Labute approximate surface area is 94.6 Å². The van der Waals surface area contributed by atoms with Gasteiger partial charge in [0.05, 0.1) is 0 Å². The second-order valence-corrected chi connectivity index (χ2v) is 3.77. The van der Waals surface area contributed by atoms with Crippen LogP contribution in [-0.2, 0) is 5.33 Å². The summed E-state index contributed by atoms with van der Waals surface area (Å²) < 4.78 is 0. The van der Waals surface area contributed by atoms with Crippen molar-refractivity contribution < 1.29 is 0 Å². The van der Waals surface area contributed by atoms with E-state index in [2.05, 4.69) is 31.1 Å². The molecule has 0 bridgehead atoms. The second-order valence-electron chi connectivity index (χ2n) is 2.77. The van der Waals surface area contributed by atoms with Crippen LogP contribution in [0.4, 0.5) is 0 Å². The van der Waals surface area contributed by atoms with Crippen LogP contribution in [0.3, 0.4) is 0 Å². The van der Waals surface area contributed by atoms with Gasteiger partial charge in [-0.2, -0.15) is 0 Å². The number of aromatic amines is 1. The number of alkyl halides is 1.